The highest BCUT2D eigenvalue weighted by Gasteiger charge is 2.36. The first kappa shape index (κ1) is 13.6. The lowest BCUT2D eigenvalue weighted by atomic mass is 10.0. The molecule has 0 spiro atoms. The summed E-state index contributed by atoms with van der Waals surface area (Å²) in [7, 11) is 2.48. The second-order valence-electron chi connectivity index (χ2n) is 3.58. The SMILES string of the molecule is COc1cc(C(C)N)c(OC)c(C(F)(F)F)c1. The molecule has 17 heavy (non-hydrogen) atoms. The lowest BCUT2D eigenvalue weighted by molar-refractivity contribution is -0.138. The number of halogens is 3. The molecule has 0 amide bonds. The van der Waals surface area contributed by atoms with Crippen LogP contribution >= 0.6 is 0 Å². The maximum atomic E-state index is 12.8. The van der Waals surface area contributed by atoms with E-state index in [1.54, 1.807) is 6.92 Å². The Hall–Kier alpha value is -1.43. The molecule has 1 aromatic carbocycles. The van der Waals surface area contributed by atoms with Crippen molar-refractivity contribution in [3.8, 4) is 11.5 Å². The second kappa shape index (κ2) is 4.83. The average Bonchev–Trinajstić information content (AvgIpc) is 2.25. The van der Waals surface area contributed by atoms with Crippen LogP contribution in [0.15, 0.2) is 12.1 Å². The van der Waals surface area contributed by atoms with Crippen LogP contribution < -0.4 is 15.2 Å². The molecule has 0 aliphatic rings. The van der Waals surface area contributed by atoms with Crippen molar-refractivity contribution in [2.24, 2.45) is 5.73 Å². The van der Waals surface area contributed by atoms with Crippen LogP contribution in [0.25, 0.3) is 0 Å². The van der Waals surface area contributed by atoms with Crippen molar-refractivity contribution in [2.75, 3.05) is 14.2 Å². The number of nitrogens with two attached hydrogens (primary N) is 1. The number of hydrogen-bond acceptors (Lipinski definition) is 3. The second-order valence-corrected chi connectivity index (χ2v) is 3.58. The van der Waals surface area contributed by atoms with Gasteiger partial charge in [-0.3, -0.25) is 0 Å². The molecule has 0 saturated carbocycles. The minimum absolute atomic E-state index is 0.102. The molecular weight excluding hydrogens is 235 g/mol. The molecule has 0 aliphatic carbocycles. The Balaban J connectivity index is 3.51. The highest BCUT2D eigenvalue weighted by atomic mass is 19.4. The highest BCUT2D eigenvalue weighted by molar-refractivity contribution is 5.49. The largest absolute Gasteiger partial charge is 0.497 e. The fourth-order valence-corrected chi connectivity index (χ4v) is 1.52. The Labute approximate surface area is 97.3 Å². The third-order valence-corrected chi connectivity index (χ3v) is 2.33. The molecule has 3 nitrogen and oxygen atoms in total. The Bertz CT molecular complexity index is 402. The number of benzene rings is 1. The van der Waals surface area contributed by atoms with Gasteiger partial charge in [0.1, 0.15) is 17.1 Å². The van der Waals surface area contributed by atoms with Crippen molar-refractivity contribution in [1.29, 1.82) is 0 Å². The lowest BCUT2D eigenvalue weighted by Gasteiger charge is -2.19. The third-order valence-electron chi connectivity index (χ3n) is 2.33. The van der Waals surface area contributed by atoms with Gasteiger partial charge in [0.2, 0.25) is 0 Å². The first-order valence-electron chi connectivity index (χ1n) is 4.90. The summed E-state index contributed by atoms with van der Waals surface area (Å²) in [6.07, 6.45) is -4.51. The van der Waals surface area contributed by atoms with Gasteiger partial charge >= 0.3 is 6.18 Å². The summed E-state index contributed by atoms with van der Waals surface area (Å²) < 4.78 is 48.1. The molecule has 0 bridgehead atoms. The van der Waals surface area contributed by atoms with Crippen LogP contribution in [-0.4, -0.2) is 14.2 Å². The number of hydrogen-bond donors (Lipinski definition) is 1. The summed E-state index contributed by atoms with van der Waals surface area (Å²) in [6.45, 7) is 1.58. The standard InChI is InChI=1S/C11H14F3NO2/c1-6(15)8-4-7(16-2)5-9(10(8)17-3)11(12,13)14/h4-6H,15H2,1-3H3. The summed E-state index contributed by atoms with van der Waals surface area (Å²) in [4.78, 5) is 0. The predicted octanol–water partition coefficient (Wildman–Crippen LogP) is 2.74. The molecule has 1 aromatic rings. The zero-order chi connectivity index (χ0) is 13.2. The normalized spacial score (nSPS) is 13.4. The molecule has 0 aromatic heterocycles. The molecule has 0 radical (unpaired) electrons. The van der Waals surface area contributed by atoms with Crippen molar-refractivity contribution >= 4 is 0 Å². The van der Waals surface area contributed by atoms with Crippen LogP contribution in [0.5, 0.6) is 11.5 Å². The summed E-state index contributed by atoms with van der Waals surface area (Å²) in [5.74, 6) is -0.154. The van der Waals surface area contributed by atoms with Crippen LogP contribution in [0, 0.1) is 0 Å². The highest BCUT2D eigenvalue weighted by Crippen LogP contribution is 2.42. The van der Waals surface area contributed by atoms with Gasteiger partial charge in [-0.05, 0) is 19.1 Å². The van der Waals surface area contributed by atoms with Crippen molar-refractivity contribution in [2.45, 2.75) is 19.1 Å². The zero-order valence-electron chi connectivity index (χ0n) is 9.76. The lowest BCUT2D eigenvalue weighted by Crippen LogP contribution is -2.13. The average molecular weight is 249 g/mol. The van der Waals surface area contributed by atoms with Crippen LogP contribution in [-0.2, 0) is 6.18 Å². The Morgan fingerprint density at radius 1 is 1.18 bits per heavy atom. The van der Waals surface area contributed by atoms with Gasteiger partial charge in [0, 0.05) is 11.6 Å². The van der Waals surface area contributed by atoms with E-state index in [1.807, 2.05) is 0 Å². The summed E-state index contributed by atoms with van der Waals surface area (Å²) in [6, 6.07) is 1.75. The first-order valence-corrected chi connectivity index (χ1v) is 4.90. The van der Waals surface area contributed by atoms with Gasteiger partial charge in [-0.15, -0.1) is 0 Å². The van der Waals surface area contributed by atoms with E-state index in [4.69, 9.17) is 15.2 Å². The molecule has 1 rings (SSSR count). The number of alkyl halides is 3. The minimum Gasteiger partial charge on any atom is -0.497 e. The van der Waals surface area contributed by atoms with Crippen LogP contribution in [0.1, 0.15) is 24.1 Å². The molecule has 1 unspecified atom stereocenters. The van der Waals surface area contributed by atoms with Gasteiger partial charge in [0.15, 0.2) is 0 Å². The van der Waals surface area contributed by atoms with Crippen LogP contribution in [0.2, 0.25) is 0 Å². The van der Waals surface area contributed by atoms with E-state index >= 15 is 0 Å². The van der Waals surface area contributed by atoms with Crippen molar-refractivity contribution < 1.29 is 22.6 Å². The molecule has 96 valence electrons. The van der Waals surface area contributed by atoms with E-state index in [0.717, 1.165) is 6.07 Å². The first-order chi connectivity index (χ1) is 7.81. The molecule has 0 saturated heterocycles. The molecule has 0 fully saturated rings. The van der Waals surface area contributed by atoms with E-state index < -0.39 is 17.8 Å². The van der Waals surface area contributed by atoms with E-state index in [1.165, 1.54) is 20.3 Å². The van der Waals surface area contributed by atoms with E-state index in [-0.39, 0.29) is 17.1 Å². The topological polar surface area (TPSA) is 44.5 Å². The third kappa shape index (κ3) is 2.82. The van der Waals surface area contributed by atoms with Gasteiger partial charge < -0.3 is 15.2 Å². The Kier molecular flexibility index (Phi) is 3.87. The summed E-state index contributed by atoms with van der Waals surface area (Å²) in [5.41, 5.74) is 5.00. The van der Waals surface area contributed by atoms with Gasteiger partial charge in [-0.25, -0.2) is 0 Å². The fourth-order valence-electron chi connectivity index (χ4n) is 1.52. The molecule has 2 N–H and O–H groups in total. The minimum atomic E-state index is -4.51. The quantitative estimate of drug-likeness (QED) is 0.895. The van der Waals surface area contributed by atoms with Gasteiger partial charge in [0.05, 0.1) is 14.2 Å². The molecule has 6 heteroatoms. The van der Waals surface area contributed by atoms with E-state index in [9.17, 15) is 13.2 Å². The maximum absolute atomic E-state index is 12.8. The van der Waals surface area contributed by atoms with Crippen LogP contribution in [0.3, 0.4) is 0 Å². The Morgan fingerprint density at radius 3 is 2.12 bits per heavy atom. The number of methoxy groups -OCH3 is 2. The van der Waals surface area contributed by atoms with Gasteiger partial charge in [-0.2, -0.15) is 13.2 Å². The molecular formula is C11H14F3NO2. The summed E-state index contributed by atoms with van der Waals surface area (Å²) in [5, 5.41) is 0. The number of rotatable bonds is 3. The molecule has 0 aliphatic heterocycles. The molecule has 1 atom stereocenters. The van der Waals surface area contributed by atoms with Crippen molar-refractivity contribution in [1.82, 2.24) is 0 Å². The summed E-state index contributed by atoms with van der Waals surface area (Å²) >= 11 is 0. The van der Waals surface area contributed by atoms with Gasteiger partial charge in [0.25, 0.3) is 0 Å². The van der Waals surface area contributed by atoms with Gasteiger partial charge in [-0.1, -0.05) is 0 Å². The molecule has 0 heterocycles. The smallest absolute Gasteiger partial charge is 0.420 e. The monoisotopic (exact) mass is 249 g/mol. The van der Waals surface area contributed by atoms with Crippen LogP contribution in [0.4, 0.5) is 13.2 Å². The van der Waals surface area contributed by atoms with E-state index in [2.05, 4.69) is 0 Å². The van der Waals surface area contributed by atoms with Crippen molar-refractivity contribution in [3.05, 3.63) is 23.3 Å². The fraction of sp³-hybridized carbons (Fsp3) is 0.455. The zero-order valence-corrected chi connectivity index (χ0v) is 9.76. The van der Waals surface area contributed by atoms with E-state index in [0.29, 0.717) is 0 Å². The Morgan fingerprint density at radius 2 is 1.76 bits per heavy atom. The number of ether oxygens (including phenoxy) is 2. The maximum Gasteiger partial charge on any atom is 0.420 e. The van der Waals surface area contributed by atoms with Crippen molar-refractivity contribution in [3.63, 3.8) is 0 Å². The predicted molar refractivity (Wildman–Crippen MR) is 57.2 cm³/mol.